The summed E-state index contributed by atoms with van der Waals surface area (Å²) in [6.45, 7) is 2.40. The largest absolute Gasteiger partial charge is 0.439 e. The zero-order valence-corrected chi connectivity index (χ0v) is 14.7. The van der Waals surface area contributed by atoms with Gasteiger partial charge in [0.25, 0.3) is 5.91 Å². The first-order chi connectivity index (χ1) is 12.8. The lowest BCUT2D eigenvalue weighted by molar-refractivity contribution is -0.139. The fraction of sp³-hybridized carbons (Fsp3) is 0.368. The van der Waals surface area contributed by atoms with Crippen LogP contribution in [-0.4, -0.2) is 23.1 Å². The molecule has 1 atom stereocenters. The van der Waals surface area contributed by atoms with E-state index in [2.05, 4.69) is 10.3 Å². The number of rotatable bonds is 5. The van der Waals surface area contributed by atoms with Crippen molar-refractivity contribution in [1.29, 1.82) is 0 Å². The highest BCUT2D eigenvalue weighted by Crippen LogP contribution is 2.33. The number of hydrogen-bond acceptors (Lipinski definition) is 4. The maximum absolute atomic E-state index is 12.8. The number of aromatic nitrogens is 1. The van der Waals surface area contributed by atoms with Crippen LogP contribution in [0, 0.1) is 0 Å². The van der Waals surface area contributed by atoms with Gasteiger partial charge < -0.3 is 14.8 Å². The summed E-state index contributed by atoms with van der Waals surface area (Å²) >= 11 is 0. The number of hydrogen-bond donors (Lipinski definition) is 1. The Morgan fingerprint density at radius 1 is 1.33 bits per heavy atom. The molecule has 1 fully saturated rings. The third-order valence-corrected chi connectivity index (χ3v) is 4.36. The van der Waals surface area contributed by atoms with E-state index < -0.39 is 17.3 Å². The number of pyridine rings is 1. The lowest BCUT2D eigenvalue weighted by Crippen LogP contribution is -2.43. The summed E-state index contributed by atoms with van der Waals surface area (Å²) in [5.74, 6) is -0.0920. The van der Waals surface area contributed by atoms with Gasteiger partial charge in [-0.1, -0.05) is 12.1 Å². The Kier molecular flexibility index (Phi) is 5.36. The van der Waals surface area contributed by atoms with Crippen LogP contribution in [0.1, 0.15) is 30.9 Å². The molecule has 5 nitrogen and oxygen atoms in total. The van der Waals surface area contributed by atoms with E-state index in [0.29, 0.717) is 18.6 Å². The molecule has 144 valence electrons. The molecule has 0 aliphatic carbocycles. The van der Waals surface area contributed by atoms with Gasteiger partial charge in [-0.2, -0.15) is 13.2 Å². The number of nitrogens with one attached hydrogen (secondary N) is 1. The Balaban J connectivity index is 1.72. The number of alkyl halides is 3. The van der Waals surface area contributed by atoms with Crippen molar-refractivity contribution in [3.63, 3.8) is 0 Å². The minimum Gasteiger partial charge on any atom is -0.439 e. The second-order valence-electron chi connectivity index (χ2n) is 6.46. The molecular weight excluding hydrogens is 361 g/mol. The van der Waals surface area contributed by atoms with Crippen molar-refractivity contribution < 1.29 is 27.4 Å². The van der Waals surface area contributed by atoms with Crippen LogP contribution in [0.3, 0.4) is 0 Å². The fourth-order valence-electron chi connectivity index (χ4n) is 2.82. The molecule has 1 amide bonds. The van der Waals surface area contributed by atoms with E-state index in [-0.39, 0.29) is 24.1 Å². The normalized spacial score (nSPS) is 19.7. The molecule has 1 saturated heterocycles. The summed E-state index contributed by atoms with van der Waals surface area (Å²) in [5, 5.41) is 2.78. The second-order valence-corrected chi connectivity index (χ2v) is 6.46. The summed E-state index contributed by atoms with van der Waals surface area (Å²) in [6.07, 6.45) is -1.53. The second kappa shape index (κ2) is 7.56. The maximum Gasteiger partial charge on any atom is 0.416 e. The topological polar surface area (TPSA) is 60.5 Å². The smallest absolute Gasteiger partial charge is 0.416 e. The van der Waals surface area contributed by atoms with Gasteiger partial charge in [-0.3, -0.25) is 4.79 Å². The summed E-state index contributed by atoms with van der Waals surface area (Å²) in [5.41, 5.74) is -1.12. The predicted octanol–water partition coefficient (Wildman–Crippen LogP) is 4.08. The van der Waals surface area contributed by atoms with Crippen LogP contribution in [-0.2, 0) is 22.3 Å². The molecule has 1 aromatic carbocycles. The van der Waals surface area contributed by atoms with E-state index in [4.69, 9.17) is 9.47 Å². The quantitative estimate of drug-likeness (QED) is 0.849. The lowest BCUT2D eigenvalue weighted by atomic mass is 10.0. The molecule has 0 spiro atoms. The maximum atomic E-state index is 12.8. The van der Waals surface area contributed by atoms with Gasteiger partial charge in [0.1, 0.15) is 11.4 Å². The van der Waals surface area contributed by atoms with Crippen LogP contribution >= 0.6 is 0 Å². The molecule has 0 radical (unpaired) electrons. The highest BCUT2D eigenvalue weighted by Gasteiger charge is 2.37. The standard InChI is InChI=1S/C19H19F3N2O3/c1-18(8-4-10-26-18)17(25)24-12-13-5-3-9-23-16(13)27-15-7-2-6-14(11-15)19(20,21)22/h2-3,5-7,9,11H,4,8,10,12H2,1H3,(H,24,25)/t18-/m1/s1. The van der Waals surface area contributed by atoms with E-state index in [0.717, 1.165) is 18.6 Å². The van der Waals surface area contributed by atoms with Crippen molar-refractivity contribution >= 4 is 5.91 Å². The van der Waals surface area contributed by atoms with E-state index in [1.165, 1.54) is 18.3 Å². The minimum absolute atomic E-state index is 0.0159. The first kappa shape index (κ1) is 19.2. The van der Waals surface area contributed by atoms with Crippen molar-refractivity contribution in [3.8, 4) is 11.6 Å². The molecule has 1 aliphatic rings. The zero-order chi connectivity index (χ0) is 19.5. The van der Waals surface area contributed by atoms with Gasteiger partial charge in [0.15, 0.2) is 0 Å². The van der Waals surface area contributed by atoms with E-state index in [1.54, 1.807) is 19.1 Å². The van der Waals surface area contributed by atoms with Crippen molar-refractivity contribution in [2.45, 2.75) is 38.1 Å². The highest BCUT2D eigenvalue weighted by atomic mass is 19.4. The number of carbonyl (C=O) groups is 1. The molecule has 2 heterocycles. The summed E-state index contributed by atoms with van der Waals surface area (Å²) in [6, 6.07) is 7.90. The molecule has 1 aromatic heterocycles. The molecule has 0 unspecified atom stereocenters. The van der Waals surface area contributed by atoms with Gasteiger partial charge in [0.2, 0.25) is 5.88 Å². The molecular formula is C19H19F3N2O3. The Morgan fingerprint density at radius 3 is 2.85 bits per heavy atom. The average Bonchev–Trinajstić information content (AvgIpc) is 3.08. The van der Waals surface area contributed by atoms with Gasteiger partial charge in [-0.25, -0.2) is 4.98 Å². The monoisotopic (exact) mass is 380 g/mol. The van der Waals surface area contributed by atoms with Crippen molar-refractivity contribution in [2.24, 2.45) is 0 Å². The zero-order valence-electron chi connectivity index (χ0n) is 14.7. The van der Waals surface area contributed by atoms with Crippen LogP contribution < -0.4 is 10.1 Å². The van der Waals surface area contributed by atoms with Crippen LogP contribution in [0.4, 0.5) is 13.2 Å². The van der Waals surface area contributed by atoms with Gasteiger partial charge in [0, 0.05) is 24.9 Å². The van der Waals surface area contributed by atoms with E-state index in [9.17, 15) is 18.0 Å². The molecule has 1 N–H and O–H groups in total. The molecule has 2 aromatic rings. The van der Waals surface area contributed by atoms with Crippen LogP contribution in [0.2, 0.25) is 0 Å². The third-order valence-electron chi connectivity index (χ3n) is 4.36. The Hall–Kier alpha value is -2.61. The Morgan fingerprint density at radius 2 is 2.15 bits per heavy atom. The fourth-order valence-corrected chi connectivity index (χ4v) is 2.82. The molecule has 8 heteroatoms. The highest BCUT2D eigenvalue weighted by molar-refractivity contribution is 5.85. The number of ether oxygens (including phenoxy) is 2. The molecule has 0 saturated carbocycles. The summed E-state index contributed by atoms with van der Waals surface area (Å²) < 4.78 is 49.6. The molecule has 3 rings (SSSR count). The number of amides is 1. The molecule has 0 bridgehead atoms. The Bertz CT molecular complexity index is 818. The van der Waals surface area contributed by atoms with Crippen LogP contribution in [0.5, 0.6) is 11.6 Å². The molecule has 1 aliphatic heterocycles. The van der Waals surface area contributed by atoms with Gasteiger partial charge in [-0.15, -0.1) is 0 Å². The summed E-state index contributed by atoms with van der Waals surface area (Å²) in [4.78, 5) is 16.4. The first-order valence-corrected chi connectivity index (χ1v) is 8.49. The van der Waals surface area contributed by atoms with Crippen LogP contribution in [0.25, 0.3) is 0 Å². The van der Waals surface area contributed by atoms with E-state index >= 15 is 0 Å². The minimum atomic E-state index is -4.46. The van der Waals surface area contributed by atoms with Gasteiger partial charge >= 0.3 is 6.18 Å². The lowest BCUT2D eigenvalue weighted by Gasteiger charge is -2.22. The number of nitrogens with zero attached hydrogens (tertiary/aromatic N) is 1. The van der Waals surface area contributed by atoms with Crippen LogP contribution in [0.15, 0.2) is 42.6 Å². The number of benzene rings is 1. The molecule has 27 heavy (non-hydrogen) atoms. The van der Waals surface area contributed by atoms with Gasteiger partial charge in [-0.05, 0) is 44.0 Å². The SMILES string of the molecule is C[C@]1(C(=O)NCc2cccnc2Oc2cccc(C(F)(F)F)c2)CCCO1. The van der Waals surface area contributed by atoms with Crippen molar-refractivity contribution in [3.05, 3.63) is 53.7 Å². The summed E-state index contributed by atoms with van der Waals surface area (Å²) in [7, 11) is 0. The number of halogens is 3. The van der Waals surface area contributed by atoms with Crippen molar-refractivity contribution in [1.82, 2.24) is 10.3 Å². The van der Waals surface area contributed by atoms with Gasteiger partial charge in [0.05, 0.1) is 5.56 Å². The Labute approximate surface area is 154 Å². The van der Waals surface area contributed by atoms with E-state index in [1.807, 2.05) is 0 Å². The average molecular weight is 380 g/mol. The first-order valence-electron chi connectivity index (χ1n) is 8.49. The predicted molar refractivity (Wildman–Crippen MR) is 91.2 cm³/mol. The third kappa shape index (κ3) is 4.57. The van der Waals surface area contributed by atoms with Crippen molar-refractivity contribution in [2.75, 3.05) is 6.61 Å². The number of carbonyl (C=O) groups excluding carboxylic acids is 1.